The lowest BCUT2D eigenvalue weighted by Crippen LogP contribution is -2.20. The largest absolute Gasteiger partial charge is 0.573 e. The summed E-state index contributed by atoms with van der Waals surface area (Å²) in [4.78, 5) is 10.7. The average molecular weight is 205 g/mol. The van der Waals surface area contributed by atoms with Crippen LogP contribution in [0.15, 0.2) is 24.3 Å². The van der Waals surface area contributed by atoms with Crippen LogP contribution < -0.4 is 10.5 Å². The maximum atomic E-state index is 11.8. The van der Waals surface area contributed by atoms with Gasteiger partial charge in [-0.15, -0.1) is 13.2 Å². The van der Waals surface area contributed by atoms with Crippen molar-refractivity contribution in [1.82, 2.24) is 0 Å². The minimum Gasteiger partial charge on any atom is -0.405 e. The molecular formula is C8H6F3NO2. The molecule has 1 aromatic carbocycles. The molecule has 0 saturated heterocycles. The molecule has 2 N–H and O–H groups in total. The summed E-state index contributed by atoms with van der Waals surface area (Å²) in [6.45, 7) is 0. The number of benzene rings is 1. The van der Waals surface area contributed by atoms with E-state index in [1.54, 1.807) is 0 Å². The Morgan fingerprint density at radius 1 is 1.29 bits per heavy atom. The lowest BCUT2D eigenvalue weighted by atomic mass is 10.2. The van der Waals surface area contributed by atoms with Crippen molar-refractivity contribution in [1.29, 1.82) is 0 Å². The van der Waals surface area contributed by atoms with Crippen molar-refractivity contribution < 1.29 is 22.7 Å². The number of ether oxygens (including phenoxy) is 1. The zero-order valence-corrected chi connectivity index (χ0v) is 6.84. The number of carbonyl (C=O) groups is 1. The van der Waals surface area contributed by atoms with Crippen molar-refractivity contribution in [2.45, 2.75) is 6.36 Å². The molecule has 0 atom stereocenters. The summed E-state index contributed by atoms with van der Waals surface area (Å²) in [6.07, 6.45) is -4.83. The minimum absolute atomic E-state index is 0.301. The minimum atomic E-state index is -4.83. The van der Waals surface area contributed by atoms with Crippen LogP contribution in [-0.2, 0) is 0 Å². The van der Waals surface area contributed by atoms with Crippen LogP contribution in [0.2, 0.25) is 0 Å². The Morgan fingerprint density at radius 2 is 1.86 bits per heavy atom. The molecule has 0 aromatic heterocycles. The molecule has 0 fully saturated rings. The quantitative estimate of drug-likeness (QED) is 0.798. The van der Waals surface area contributed by atoms with E-state index in [0.717, 1.165) is 12.1 Å². The van der Waals surface area contributed by atoms with Crippen LogP contribution in [0.4, 0.5) is 13.2 Å². The highest BCUT2D eigenvalue weighted by Gasteiger charge is 2.32. The number of hydrogen-bond acceptors (Lipinski definition) is 2. The van der Waals surface area contributed by atoms with Gasteiger partial charge in [0.25, 0.3) is 5.91 Å². The van der Waals surface area contributed by atoms with E-state index in [4.69, 9.17) is 5.73 Å². The predicted octanol–water partition coefficient (Wildman–Crippen LogP) is 1.68. The molecule has 1 aromatic rings. The van der Waals surface area contributed by atoms with Crippen LogP contribution in [-0.4, -0.2) is 12.3 Å². The number of para-hydroxylation sites is 1. The predicted molar refractivity (Wildman–Crippen MR) is 41.6 cm³/mol. The zero-order valence-electron chi connectivity index (χ0n) is 6.84. The summed E-state index contributed by atoms with van der Waals surface area (Å²) < 4.78 is 39.0. The van der Waals surface area contributed by atoms with Crippen molar-refractivity contribution in [2.75, 3.05) is 0 Å². The maximum absolute atomic E-state index is 11.8. The van der Waals surface area contributed by atoms with E-state index < -0.39 is 18.0 Å². The lowest BCUT2D eigenvalue weighted by Gasteiger charge is -2.10. The van der Waals surface area contributed by atoms with E-state index in [-0.39, 0.29) is 5.56 Å². The molecular weight excluding hydrogens is 199 g/mol. The number of alkyl halides is 3. The molecule has 1 rings (SSSR count). The van der Waals surface area contributed by atoms with Gasteiger partial charge in [0.2, 0.25) is 0 Å². The highest BCUT2D eigenvalue weighted by Crippen LogP contribution is 2.25. The van der Waals surface area contributed by atoms with Crippen LogP contribution in [0, 0.1) is 0 Å². The third-order valence-electron chi connectivity index (χ3n) is 1.38. The molecule has 0 aliphatic rings. The Bertz CT molecular complexity index is 349. The summed E-state index contributed by atoms with van der Waals surface area (Å²) in [7, 11) is 0. The Balaban J connectivity index is 3.02. The first-order chi connectivity index (χ1) is 6.40. The van der Waals surface area contributed by atoms with Gasteiger partial charge in [-0.2, -0.15) is 0 Å². The first kappa shape index (κ1) is 10.4. The average Bonchev–Trinajstić information content (AvgIpc) is 2.01. The number of nitrogens with two attached hydrogens (primary N) is 1. The van der Waals surface area contributed by atoms with Gasteiger partial charge in [0, 0.05) is 0 Å². The van der Waals surface area contributed by atoms with Crippen LogP contribution in [0.3, 0.4) is 0 Å². The third kappa shape index (κ3) is 2.65. The van der Waals surface area contributed by atoms with Crippen LogP contribution in [0.25, 0.3) is 0 Å². The Labute approximate surface area is 77.3 Å². The van der Waals surface area contributed by atoms with Crippen molar-refractivity contribution in [3.05, 3.63) is 29.8 Å². The van der Waals surface area contributed by atoms with Crippen molar-refractivity contribution in [3.8, 4) is 5.75 Å². The molecule has 3 nitrogen and oxygen atoms in total. The van der Waals surface area contributed by atoms with Crippen LogP contribution in [0.1, 0.15) is 10.4 Å². The normalized spacial score (nSPS) is 11.1. The van der Waals surface area contributed by atoms with Crippen LogP contribution >= 0.6 is 0 Å². The van der Waals surface area contributed by atoms with Gasteiger partial charge in [0.15, 0.2) is 0 Å². The van der Waals surface area contributed by atoms with E-state index in [2.05, 4.69) is 4.74 Å². The van der Waals surface area contributed by atoms with E-state index >= 15 is 0 Å². The first-order valence-electron chi connectivity index (χ1n) is 3.55. The standard InChI is InChI=1S/C8H6F3NO2/c9-8(10,11)14-6-4-2-1-3-5(6)7(12)13/h1-4H,(H2,12,13). The van der Waals surface area contributed by atoms with Gasteiger partial charge in [0.1, 0.15) is 5.75 Å². The molecule has 0 bridgehead atoms. The first-order valence-corrected chi connectivity index (χ1v) is 3.55. The van der Waals surface area contributed by atoms with E-state index in [1.807, 2.05) is 0 Å². The van der Waals surface area contributed by atoms with Gasteiger partial charge in [-0.25, -0.2) is 0 Å². The zero-order chi connectivity index (χ0) is 10.8. The number of rotatable bonds is 2. The third-order valence-corrected chi connectivity index (χ3v) is 1.38. The number of hydrogen-bond donors (Lipinski definition) is 1. The monoisotopic (exact) mass is 205 g/mol. The Hall–Kier alpha value is -1.72. The van der Waals surface area contributed by atoms with E-state index in [9.17, 15) is 18.0 Å². The van der Waals surface area contributed by atoms with Crippen molar-refractivity contribution in [2.24, 2.45) is 5.73 Å². The molecule has 0 spiro atoms. The fraction of sp³-hybridized carbons (Fsp3) is 0.125. The topological polar surface area (TPSA) is 52.3 Å². The Kier molecular flexibility index (Phi) is 2.64. The summed E-state index contributed by atoms with van der Waals surface area (Å²) >= 11 is 0. The van der Waals surface area contributed by atoms with E-state index in [0.29, 0.717) is 0 Å². The molecule has 0 radical (unpaired) electrons. The fourth-order valence-corrected chi connectivity index (χ4v) is 0.884. The summed E-state index contributed by atoms with van der Waals surface area (Å²) in [5, 5.41) is 0. The van der Waals surface area contributed by atoms with Gasteiger partial charge in [0.05, 0.1) is 5.56 Å². The van der Waals surface area contributed by atoms with Crippen LogP contribution in [0.5, 0.6) is 5.75 Å². The second kappa shape index (κ2) is 3.57. The van der Waals surface area contributed by atoms with Gasteiger partial charge < -0.3 is 10.5 Å². The number of amides is 1. The van der Waals surface area contributed by atoms with Crippen molar-refractivity contribution in [3.63, 3.8) is 0 Å². The number of carbonyl (C=O) groups excluding carboxylic acids is 1. The smallest absolute Gasteiger partial charge is 0.405 e. The Morgan fingerprint density at radius 3 is 2.36 bits per heavy atom. The summed E-state index contributed by atoms with van der Waals surface area (Å²) in [5.74, 6) is -1.56. The molecule has 76 valence electrons. The molecule has 1 amide bonds. The molecule has 0 aliphatic heterocycles. The highest BCUT2D eigenvalue weighted by atomic mass is 19.4. The van der Waals surface area contributed by atoms with E-state index in [1.165, 1.54) is 12.1 Å². The molecule has 0 saturated carbocycles. The maximum Gasteiger partial charge on any atom is 0.573 e. The molecule has 0 heterocycles. The molecule has 0 unspecified atom stereocenters. The SMILES string of the molecule is NC(=O)c1ccccc1OC(F)(F)F. The molecule has 0 aliphatic carbocycles. The van der Waals surface area contributed by atoms with Gasteiger partial charge in [-0.3, -0.25) is 4.79 Å². The lowest BCUT2D eigenvalue weighted by molar-refractivity contribution is -0.274. The summed E-state index contributed by atoms with van der Waals surface area (Å²) in [5.41, 5.74) is 4.55. The molecule has 14 heavy (non-hydrogen) atoms. The van der Waals surface area contributed by atoms with Gasteiger partial charge in [-0.1, -0.05) is 12.1 Å². The van der Waals surface area contributed by atoms with Gasteiger partial charge in [-0.05, 0) is 12.1 Å². The number of primary amides is 1. The highest BCUT2D eigenvalue weighted by molar-refractivity contribution is 5.95. The second-order valence-electron chi connectivity index (χ2n) is 2.41. The van der Waals surface area contributed by atoms with Crippen molar-refractivity contribution >= 4 is 5.91 Å². The summed E-state index contributed by atoms with van der Waals surface area (Å²) in [6, 6.07) is 4.88. The van der Waals surface area contributed by atoms with Gasteiger partial charge >= 0.3 is 6.36 Å². The number of halogens is 3. The second-order valence-corrected chi connectivity index (χ2v) is 2.41. The molecule has 6 heteroatoms. The fourth-order valence-electron chi connectivity index (χ4n) is 0.884.